The molecule has 24 heavy (non-hydrogen) atoms. The fraction of sp³-hybridized carbons (Fsp3) is 0.625. The average Bonchev–Trinajstić information content (AvgIpc) is 3.22. The molecule has 2 aromatic rings. The van der Waals surface area contributed by atoms with Gasteiger partial charge in [-0.1, -0.05) is 5.16 Å². The minimum absolute atomic E-state index is 0.00342. The Hall–Kier alpha value is -2.38. The van der Waals surface area contributed by atoms with Crippen molar-refractivity contribution in [2.75, 3.05) is 0 Å². The van der Waals surface area contributed by atoms with Crippen molar-refractivity contribution < 1.29 is 9.32 Å². The van der Waals surface area contributed by atoms with Crippen molar-refractivity contribution in [1.82, 2.24) is 30.6 Å². The number of nitrogens with one attached hydrogen (secondary N) is 2. The van der Waals surface area contributed by atoms with E-state index in [-0.39, 0.29) is 18.6 Å². The number of hydrogen-bond donors (Lipinski definition) is 2. The number of aryl methyl sites for hydroxylation is 2. The number of amides is 2. The van der Waals surface area contributed by atoms with Crippen LogP contribution in [0.2, 0.25) is 0 Å². The molecule has 0 spiro atoms. The van der Waals surface area contributed by atoms with Gasteiger partial charge in [-0.2, -0.15) is 10.1 Å². The molecule has 1 aliphatic rings. The molecule has 1 saturated carbocycles. The highest BCUT2D eigenvalue weighted by molar-refractivity contribution is 5.74. The summed E-state index contributed by atoms with van der Waals surface area (Å²) in [5.74, 6) is 1.64. The summed E-state index contributed by atoms with van der Waals surface area (Å²) in [4.78, 5) is 16.3. The summed E-state index contributed by atoms with van der Waals surface area (Å²) in [6.45, 7) is 6.24. The van der Waals surface area contributed by atoms with E-state index in [9.17, 15) is 4.79 Å². The van der Waals surface area contributed by atoms with Gasteiger partial charge in [-0.3, -0.25) is 4.68 Å². The second-order valence-electron chi connectivity index (χ2n) is 6.53. The smallest absolute Gasteiger partial charge is 0.315 e. The molecule has 2 aromatic heterocycles. The van der Waals surface area contributed by atoms with Crippen LogP contribution in [0.3, 0.4) is 0 Å². The van der Waals surface area contributed by atoms with Crippen LogP contribution in [-0.4, -0.2) is 32.0 Å². The van der Waals surface area contributed by atoms with Crippen LogP contribution in [0.15, 0.2) is 4.52 Å². The van der Waals surface area contributed by atoms with Crippen LogP contribution >= 0.6 is 0 Å². The predicted molar refractivity (Wildman–Crippen MR) is 87.5 cm³/mol. The second-order valence-corrected chi connectivity index (χ2v) is 6.53. The summed E-state index contributed by atoms with van der Waals surface area (Å²) in [6.07, 6.45) is 2.99. The molecule has 0 saturated heterocycles. The second kappa shape index (κ2) is 6.62. The van der Waals surface area contributed by atoms with Crippen molar-refractivity contribution in [3.63, 3.8) is 0 Å². The zero-order valence-electron chi connectivity index (χ0n) is 14.6. The Morgan fingerprint density at radius 3 is 2.79 bits per heavy atom. The Morgan fingerprint density at radius 2 is 2.17 bits per heavy atom. The Bertz CT molecular complexity index is 731. The fourth-order valence-electron chi connectivity index (χ4n) is 2.75. The van der Waals surface area contributed by atoms with Crippen LogP contribution in [0.25, 0.3) is 0 Å². The molecule has 0 radical (unpaired) electrons. The van der Waals surface area contributed by atoms with Crippen LogP contribution in [-0.2, 0) is 20.0 Å². The van der Waals surface area contributed by atoms with Crippen LogP contribution < -0.4 is 10.6 Å². The summed E-state index contributed by atoms with van der Waals surface area (Å²) >= 11 is 0. The van der Waals surface area contributed by atoms with Gasteiger partial charge < -0.3 is 15.2 Å². The van der Waals surface area contributed by atoms with Crippen molar-refractivity contribution in [2.45, 2.75) is 58.5 Å². The molecule has 0 aromatic carbocycles. The molecule has 1 atom stereocenters. The minimum atomic E-state index is -0.243. The molecule has 1 aliphatic carbocycles. The van der Waals surface area contributed by atoms with Gasteiger partial charge in [0.1, 0.15) is 0 Å². The van der Waals surface area contributed by atoms with Crippen LogP contribution in [0, 0.1) is 13.8 Å². The SMILES string of the molecule is Cc1nn(C)c(C)c1CC(C)NC(=O)NCc1nc(C2CC2)no1. The molecule has 8 nitrogen and oxygen atoms in total. The fourth-order valence-corrected chi connectivity index (χ4v) is 2.75. The molecule has 0 bridgehead atoms. The monoisotopic (exact) mass is 332 g/mol. The average molecular weight is 332 g/mol. The largest absolute Gasteiger partial charge is 0.337 e. The van der Waals surface area contributed by atoms with Gasteiger partial charge >= 0.3 is 6.03 Å². The van der Waals surface area contributed by atoms with Gasteiger partial charge in [-0.25, -0.2) is 4.79 Å². The number of carbonyl (C=O) groups excluding carboxylic acids is 1. The van der Waals surface area contributed by atoms with E-state index in [1.807, 2.05) is 32.5 Å². The number of aromatic nitrogens is 4. The van der Waals surface area contributed by atoms with Gasteiger partial charge in [0.15, 0.2) is 5.82 Å². The summed E-state index contributed by atoms with van der Waals surface area (Å²) in [5, 5.41) is 14.0. The van der Waals surface area contributed by atoms with Crippen LogP contribution in [0.5, 0.6) is 0 Å². The van der Waals surface area contributed by atoms with Crippen LogP contribution in [0.1, 0.15) is 54.3 Å². The van der Waals surface area contributed by atoms with E-state index in [2.05, 4.69) is 25.9 Å². The van der Waals surface area contributed by atoms with E-state index in [0.717, 1.165) is 36.5 Å². The molecule has 3 rings (SSSR count). The Morgan fingerprint density at radius 1 is 1.42 bits per heavy atom. The first-order valence-electron chi connectivity index (χ1n) is 8.30. The normalized spacial score (nSPS) is 15.3. The third kappa shape index (κ3) is 3.74. The zero-order chi connectivity index (χ0) is 17.3. The van der Waals surface area contributed by atoms with E-state index in [0.29, 0.717) is 11.8 Å². The van der Waals surface area contributed by atoms with E-state index >= 15 is 0 Å². The lowest BCUT2D eigenvalue weighted by Crippen LogP contribution is -2.41. The minimum Gasteiger partial charge on any atom is -0.337 e. The Kier molecular flexibility index (Phi) is 4.55. The maximum atomic E-state index is 12.0. The van der Waals surface area contributed by atoms with Crippen molar-refractivity contribution in [3.8, 4) is 0 Å². The van der Waals surface area contributed by atoms with Gasteiger partial charge in [0, 0.05) is 24.7 Å². The van der Waals surface area contributed by atoms with Gasteiger partial charge in [0.2, 0.25) is 5.89 Å². The molecule has 0 aliphatic heterocycles. The first-order chi connectivity index (χ1) is 11.4. The number of urea groups is 1. The topological polar surface area (TPSA) is 97.9 Å². The first-order valence-corrected chi connectivity index (χ1v) is 8.30. The van der Waals surface area contributed by atoms with E-state index in [1.165, 1.54) is 5.56 Å². The summed E-state index contributed by atoms with van der Waals surface area (Å²) < 4.78 is 7.00. The molecule has 2 heterocycles. The maximum absolute atomic E-state index is 12.0. The molecule has 8 heteroatoms. The van der Waals surface area contributed by atoms with Gasteiger partial charge in [0.25, 0.3) is 0 Å². The molecular weight excluding hydrogens is 308 g/mol. The van der Waals surface area contributed by atoms with Gasteiger partial charge in [-0.05, 0) is 45.6 Å². The van der Waals surface area contributed by atoms with E-state index < -0.39 is 0 Å². The van der Waals surface area contributed by atoms with Gasteiger partial charge in [-0.15, -0.1) is 0 Å². The van der Waals surface area contributed by atoms with Gasteiger partial charge in [0.05, 0.1) is 12.2 Å². The first kappa shape index (κ1) is 16.5. The highest BCUT2D eigenvalue weighted by Crippen LogP contribution is 2.38. The highest BCUT2D eigenvalue weighted by atomic mass is 16.5. The molecule has 1 unspecified atom stereocenters. The Balaban J connectivity index is 1.46. The lowest BCUT2D eigenvalue weighted by Gasteiger charge is -2.14. The quantitative estimate of drug-likeness (QED) is 0.839. The maximum Gasteiger partial charge on any atom is 0.315 e. The molecule has 1 fully saturated rings. The standard InChI is InChI=1S/C16H24N6O2/c1-9(7-13-10(2)20-22(4)11(13)3)18-16(23)17-8-14-19-15(21-24-14)12-5-6-12/h9,12H,5-8H2,1-4H3,(H2,17,18,23). The van der Waals surface area contributed by atoms with Crippen molar-refractivity contribution in [1.29, 1.82) is 0 Å². The third-order valence-corrected chi connectivity index (χ3v) is 4.37. The highest BCUT2D eigenvalue weighted by Gasteiger charge is 2.28. The number of rotatable bonds is 6. The lowest BCUT2D eigenvalue weighted by molar-refractivity contribution is 0.235. The number of carbonyl (C=O) groups is 1. The van der Waals surface area contributed by atoms with E-state index in [4.69, 9.17) is 4.52 Å². The number of hydrogen-bond acceptors (Lipinski definition) is 5. The number of nitrogens with zero attached hydrogens (tertiary/aromatic N) is 4. The van der Waals surface area contributed by atoms with E-state index in [1.54, 1.807) is 0 Å². The summed E-state index contributed by atoms with van der Waals surface area (Å²) in [6, 6.07) is -0.246. The zero-order valence-corrected chi connectivity index (χ0v) is 14.6. The molecular formula is C16H24N6O2. The Labute approximate surface area is 141 Å². The molecule has 2 amide bonds. The third-order valence-electron chi connectivity index (χ3n) is 4.37. The van der Waals surface area contributed by atoms with Crippen LogP contribution in [0.4, 0.5) is 4.79 Å². The molecule has 2 N–H and O–H groups in total. The summed E-state index contributed by atoms with van der Waals surface area (Å²) in [7, 11) is 1.93. The lowest BCUT2D eigenvalue weighted by atomic mass is 10.1. The summed E-state index contributed by atoms with van der Waals surface area (Å²) in [5.41, 5.74) is 3.30. The molecule has 130 valence electrons. The predicted octanol–water partition coefficient (Wildman–Crippen LogP) is 1.73. The van der Waals surface area contributed by atoms with Crippen molar-refractivity contribution in [3.05, 3.63) is 28.7 Å². The van der Waals surface area contributed by atoms with Crippen molar-refractivity contribution in [2.24, 2.45) is 7.05 Å². The van der Waals surface area contributed by atoms with Crippen molar-refractivity contribution >= 4 is 6.03 Å².